The fourth-order valence-corrected chi connectivity index (χ4v) is 3.45. The zero-order valence-corrected chi connectivity index (χ0v) is 16.3. The van der Waals surface area contributed by atoms with E-state index in [0.29, 0.717) is 0 Å². The number of ether oxygens (including phenoxy) is 1. The first-order valence-corrected chi connectivity index (χ1v) is 9.76. The summed E-state index contributed by atoms with van der Waals surface area (Å²) in [5.41, 5.74) is 2.06. The van der Waals surface area contributed by atoms with Crippen LogP contribution in [0.4, 0.5) is 4.79 Å². The van der Waals surface area contributed by atoms with Crippen LogP contribution in [0.25, 0.3) is 0 Å². The molecule has 1 saturated heterocycles. The van der Waals surface area contributed by atoms with Crippen molar-refractivity contribution in [1.82, 2.24) is 15.5 Å². The third kappa shape index (κ3) is 5.97. The van der Waals surface area contributed by atoms with Gasteiger partial charge < -0.3 is 20.5 Å². The largest absolute Gasteiger partial charge is 0.497 e. The summed E-state index contributed by atoms with van der Waals surface area (Å²) in [6.07, 6.45) is 1.12. The summed E-state index contributed by atoms with van der Waals surface area (Å²) in [7, 11) is 1.60. The molecule has 6 heteroatoms. The highest BCUT2D eigenvalue weighted by Gasteiger charge is 2.21. The van der Waals surface area contributed by atoms with Crippen molar-refractivity contribution in [1.29, 1.82) is 0 Å². The highest BCUT2D eigenvalue weighted by molar-refractivity contribution is 5.74. The minimum absolute atomic E-state index is 0.171. The van der Waals surface area contributed by atoms with Gasteiger partial charge in [-0.2, -0.15) is 0 Å². The van der Waals surface area contributed by atoms with Crippen molar-refractivity contribution in [2.45, 2.75) is 31.5 Å². The minimum Gasteiger partial charge on any atom is -0.497 e. The fraction of sp³-hybridized carbons (Fsp3) is 0.409. The van der Waals surface area contributed by atoms with Gasteiger partial charge in [0.05, 0.1) is 13.2 Å². The number of amides is 2. The number of methoxy groups -OCH3 is 1. The van der Waals surface area contributed by atoms with E-state index >= 15 is 0 Å². The highest BCUT2D eigenvalue weighted by Crippen LogP contribution is 2.17. The van der Waals surface area contributed by atoms with E-state index in [4.69, 9.17) is 4.74 Å². The SMILES string of the molecule is COc1ccc(C(O)CNC(=O)NC2CCN(Cc3ccccc3)CC2)cc1. The lowest BCUT2D eigenvalue weighted by molar-refractivity contribution is 0.167. The van der Waals surface area contributed by atoms with E-state index in [-0.39, 0.29) is 18.6 Å². The van der Waals surface area contributed by atoms with Gasteiger partial charge in [0.25, 0.3) is 0 Å². The Bertz CT molecular complexity index is 728. The first-order chi connectivity index (χ1) is 13.6. The third-order valence-electron chi connectivity index (χ3n) is 5.13. The Morgan fingerprint density at radius 1 is 1.14 bits per heavy atom. The topological polar surface area (TPSA) is 73.8 Å². The Hall–Kier alpha value is -2.57. The molecule has 2 amide bonds. The van der Waals surface area contributed by atoms with Crippen LogP contribution in [0.2, 0.25) is 0 Å². The average molecular weight is 383 g/mol. The molecular weight excluding hydrogens is 354 g/mol. The Morgan fingerprint density at radius 3 is 2.46 bits per heavy atom. The predicted octanol–water partition coefficient (Wildman–Crippen LogP) is 2.69. The first kappa shape index (κ1) is 20.2. The molecule has 0 aliphatic carbocycles. The standard InChI is InChI=1S/C22H29N3O3/c1-28-20-9-7-18(8-10-20)21(26)15-23-22(27)24-19-11-13-25(14-12-19)16-17-5-3-2-4-6-17/h2-10,19,21,26H,11-16H2,1H3,(H2,23,24,27). The van der Waals surface area contributed by atoms with E-state index in [0.717, 1.165) is 43.8 Å². The van der Waals surface area contributed by atoms with E-state index < -0.39 is 6.10 Å². The quantitative estimate of drug-likeness (QED) is 0.687. The van der Waals surface area contributed by atoms with E-state index in [1.54, 1.807) is 31.4 Å². The normalized spacial score (nSPS) is 16.4. The molecule has 2 aromatic rings. The van der Waals surface area contributed by atoms with Crippen molar-refractivity contribution in [3.05, 3.63) is 65.7 Å². The molecule has 0 aromatic heterocycles. The zero-order valence-electron chi connectivity index (χ0n) is 16.3. The molecule has 1 heterocycles. The molecule has 28 heavy (non-hydrogen) atoms. The van der Waals surface area contributed by atoms with Gasteiger partial charge in [0.2, 0.25) is 0 Å². The van der Waals surface area contributed by atoms with Crippen LogP contribution in [-0.4, -0.2) is 48.8 Å². The van der Waals surface area contributed by atoms with Crippen LogP contribution in [-0.2, 0) is 6.54 Å². The summed E-state index contributed by atoms with van der Waals surface area (Å²) in [4.78, 5) is 14.6. The van der Waals surface area contributed by atoms with E-state index in [1.807, 2.05) is 6.07 Å². The van der Waals surface area contributed by atoms with Crippen molar-refractivity contribution in [3.8, 4) is 5.75 Å². The number of nitrogens with one attached hydrogen (secondary N) is 2. The van der Waals surface area contributed by atoms with Crippen LogP contribution in [0.1, 0.15) is 30.1 Å². The van der Waals surface area contributed by atoms with E-state index in [9.17, 15) is 9.90 Å². The van der Waals surface area contributed by atoms with Gasteiger partial charge in [-0.3, -0.25) is 4.90 Å². The van der Waals surface area contributed by atoms with E-state index in [2.05, 4.69) is 39.8 Å². The van der Waals surface area contributed by atoms with Gasteiger partial charge in [0.1, 0.15) is 5.75 Å². The van der Waals surface area contributed by atoms with Gasteiger partial charge >= 0.3 is 6.03 Å². The maximum atomic E-state index is 12.2. The van der Waals surface area contributed by atoms with Crippen LogP contribution in [0.5, 0.6) is 5.75 Å². The molecule has 1 aliphatic rings. The summed E-state index contributed by atoms with van der Waals surface area (Å²) < 4.78 is 5.11. The molecule has 1 fully saturated rings. The number of piperidine rings is 1. The summed E-state index contributed by atoms with van der Waals surface area (Å²) in [5, 5.41) is 16.0. The number of hydrogen-bond acceptors (Lipinski definition) is 4. The Kier molecular flexibility index (Phi) is 7.28. The lowest BCUT2D eigenvalue weighted by atomic mass is 10.0. The number of hydrogen-bond donors (Lipinski definition) is 3. The summed E-state index contributed by atoms with van der Waals surface area (Å²) >= 11 is 0. The van der Waals surface area contributed by atoms with Gasteiger partial charge in [0.15, 0.2) is 0 Å². The third-order valence-corrected chi connectivity index (χ3v) is 5.13. The number of benzene rings is 2. The van der Waals surface area contributed by atoms with Gasteiger partial charge in [0, 0.05) is 32.2 Å². The van der Waals surface area contributed by atoms with Crippen LogP contribution in [0, 0.1) is 0 Å². The second-order valence-corrected chi connectivity index (χ2v) is 7.18. The number of rotatable bonds is 7. The highest BCUT2D eigenvalue weighted by atomic mass is 16.5. The zero-order chi connectivity index (χ0) is 19.8. The molecule has 1 aliphatic heterocycles. The molecule has 2 aromatic carbocycles. The molecule has 0 radical (unpaired) electrons. The Morgan fingerprint density at radius 2 is 1.82 bits per heavy atom. The molecule has 0 spiro atoms. The molecule has 150 valence electrons. The van der Waals surface area contributed by atoms with Gasteiger partial charge in [-0.05, 0) is 36.1 Å². The molecule has 6 nitrogen and oxygen atoms in total. The average Bonchev–Trinajstić information content (AvgIpc) is 2.74. The second-order valence-electron chi connectivity index (χ2n) is 7.18. The van der Waals surface area contributed by atoms with Crippen molar-refractivity contribution in [2.75, 3.05) is 26.7 Å². The van der Waals surface area contributed by atoms with Crippen molar-refractivity contribution < 1.29 is 14.6 Å². The van der Waals surface area contributed by atoms with E-state index in [1.165, 1.54) is 5.56 Å². The first-order valence-electron chi connectivity index (χ1n) is 9.76. The van der Waals surface area contributed by atoms with Crippen LogP contribution in [0.3, 0.4) is 0 Å². The molecule has 0 bridgehead atoms. The summed E-state index contributed by atoms with van der Waals surface area (Å²) in [6.45, 7) is 3.06. The van der Waals surface area contributed by atoms with Crippen LogP contribution in [0.15, 0.2) is 54.6 Å². The maximum Gasteiger partial charge on any atom is 0.315 e. The summed E-state index contributed by atoms with van der Waals surface area (Å²) in [6, 6.07) is 17.6. The second kappa shape index (κ2) is 10.1. The van der Waals surface area contributed by atoms with Crippen molar-refractivity contribution >= 4 is 6.03 Å². The smallest absolute Gasteiger partial charge is 0.315 e. The number of urea groups is 1. The van der Waals surface area contributed by atoms with Crippen LogP contribution >= 0.6 is 0 Å². The number of likely N-dealkylation sites (tertiary alicyclic amines) is 1. The Labute approximate surface area is 166 Å². The number of nitrogens with zero attached hydrogens (tertiary/aromatic N) is 1. The number of aliphatic hydroxyl groups excluding tert-OH is 1. The molecule has 3 rings (SSSR count). The predicted molar refractivity (Wildman–Crippen MR) is 109 cm³/mol. The van der Waals surface area contributed by atoms with Gasteiger partial charge in [-0.1, -0.05) is 42.5 Å². The molecule has 1 atom stereocenters. The fourth-order valence-electron chi connectivity index (χ4n) is 3.45. The minimum atomic E-state index is -0.746. The maximum absolute atomic E-state index is 12.2. The van der Waals surface area contributed by atoms with Crippen molar-refractivity contribution in [3.63, 3.8) is 0 Å². The summed E-state index contributed by atoms with van der Waals surface area (Å²) in [5.74, 6) is 0.736. The lowest BCUT2D eigenvalue weighted by Crippen LogP contribution is -2.48. The molecule has 3 N–H and O–H groups in total. The lowest BCUT2D eigenvalue weighted by Gasteiger charge is -2.32. The number of carbonyl (C=O) groups is 1. The molecular formula is C22H29N3O3. The number of carbonyl (C=O) groups excluding carboxylic acids is 1. The number of aliphatic hydroxyl groups is 1. The Balaban J connectivity index is 1.36. The van der Waals surface area contributed by atoms with Gasteiger partial charge in [-0.25, -0.2) is 4.79 Å². The monoisotopic (exact) mass is 383 g/mol. The molecule has 1 unspecified atom stereocenters. The van der Waals surface area contributed by atoms with Crippen LogP contribution < -0.4 is 15.4 Å². The molecule has 0 saturated carbocycles. The van der Waals surface area contributed by atoms with Gasteiger partial charge in [-0.15, -0.1) is 0 Å². The van der Waals surface area contributed by atoms with Crippen molar-refractivity contribution in [2.24, 2.45) is 0 Å².